The van der Waals surface area contributed by atoms with Gasteiger partial charge in [-0.05, 0) is 12.3 Å². The van der Waals surface area contributed by atoms with E-state index in [1.165, 1.54) is 76.3 Å². The first-order valence-electron chi connectivity index (χ1n) is 8.34. The van der Waals surface area contributed by atoms with Gasteiger partial charge in [-0.15, -0.1) is 0 Å². The molecule has 1 aromatic rings. The van der Waals surface area contributed by atoms with Crippen molar-refractivity contribution in [1.29, 1.82) is 0 Å². The van der Waals surface area contributed by atoms with Gasteiger partial charge in [0.15, 0.2) is 0 Å². The van der Waals surface area contributed by atoms with Crippen LogP contribution in [-0.4, -0.2) is 9.97 Å². The zero-order valence-corrected chi connectivity index (χ0v) is 13.0. The molecule has 0 aromatic carbocycles. The van der Waals surface area contributed by atoms with Crippen LogP contribution in [0.25, 0.3) is 0 Å². The van der Waals surface area contributed by atoms with Crippen molar-refractivity contribution in [2.45, 2.75) is 84.5 Å². The van der Waals surface area contributed by atoms with Crippen LogP contribution in [0, 0.1) is 5.92 Å². The maximum atomic E-state index is 4.14. The molecular weight excluding hydrogens is 232 g/mol. The molecule has 2 heteroatoms. The smallest absolute Gasteiger partial charge is 0.0921 e. The largest absolute Gasteiger partial charge is 0.348 e. The van der Waals surface area contributed by atoms with Crippen LogP contribution < -0.4 is 0 Å². The van der Waals surface area contributed by atoms with E-state index in [0.717, 1.165) is 5.92 Å². The van der Waals surface area contributed by atoms with Gasteiger partial charge in [-0.1, -0.05) is 78.1 Å². The van der Waals surface area contributed by atoms with Crippen LogP contribution in [0.3, 0.4) is 0 Å². The molecule has 0 amide bonds. The minimum Gasteiger partial charge on any atom is -0.348 e. The van der Waals surface area contributed by atoms with Gasteiger partial charge in [0.2, 0.25) is 0 Å². The number of aromatic nitrogens is 2. The number of nitrogens with one attached hydrogen (secondary N) is 1. The molecule has 1 heterocycles. The van der Waals surface area contributed by atoms with Crippen LogP contribution in [0.4, 0.5) is 0 Å². The highest BCUT2D eigenvalue weighted by Crippen LogP contribution is 2.21. The van der Waals surface area contributed by atoms with E-state index in [2.05, 4.69) is 23.8 Å². The van der Waals surface area contributed by atoms with Gasteiger partial charge in [0.05, 0.1) is 6.33 Å². The lowest BCUT2D eigenvalue weighted by atomic mass is 9.91. The number of hydrogen-bond donors (Lipinski definition) is 1. The molecular formula is C17H32N2. The Kier molecular flexibility index (Phi) is 9.48. The Bertz CT molecular complexity index is 267. The predicted octanol–water partition coefficient (Wildman–Crippen LogP) is 5.51. The van der Waals surface area contributed by atoms with E-state index in [1.807, 2.05) is 6.20 Å². The second kappa shape index (κ2) is 11.1. The molecule has 0 radical (unpaired) electrons. The van der Waals surface area contributed by atoms with Crippen molar-refractivity contribution >= 4 is 0 Å². The number of H-pyrrole nitrogens is 1. The second-order valence-electron chi connectivity index (χ2n) is 5.85. The van der Waals surface area contributed by atoms with Gasteiger partial charge in [-0.3, -0.25) is 0 Å². The normalized spacial score (nSPS) is 11.3. The summed E-state index contributed by atoms with van der Waals surface area (Å²) in [5.41, 5.74) is 1.32. The lowest BCUT2D eigenvalue weighted by molar-refractivity contribution is 0.401. The minimum atomic E-state index is 0.856. The molecule has 0 bridgehead atoms. The molecule has 0 aliphatic rings. The SMILES string of the molecule is CCCCCCC(CCCCCC)Cc1cnc[nH]1. The molecule has 110 valence electrons. The summed E-state index contributed by atoms with van der Waals surface area (Å²) in [6.45, 7) is 4.57. The summed E-state index contributed by atoms with van der Waals surface area (Å²) in [5.74, 6) is 0.856. The summed E-state index contributed by atoms with van der Waals surface area (Å²) >= 11 is 0. The number of imidazole rings is 1. The van der Waals surface area contributed by atoms with Gasteiger partial charge >= 0.3 is 0 Å². The zero-order valence-electron chi connectivity index (χ0n) is 13.0. The number of aromatic amines is 1. The Labute approximate surface area is 119 Å². The number of rotatable bonds is 12. The number of unbranched alkanes of at least 4 members (excludes halogenated alkanes) is 6. The third-order valence-electron chi connectivity index (χ3n) is 4.00. The topological polar surface area (TPSA) is 28.7 Å². The Hall–Kier alpha value is -0.790. The van der Waals surface area contributed by atoms with Gasteiger partial charge in [0.1, 0.15) is 0 Å². The molecule has 19 heavy (non-hydrogen) atoms. The van der Waals surface area contributed by atoms with Crippen molar-refractivity contribution in [3.63, 3.8) is 0 Å². The van der Waals surface area contributed by atoms with Crippen LogP contribution in [0.2, 0.25) is 0 Å². The summed E-state index contributed by atoms with van der Waals surface area (Å²) < 4.78 is 0. The summed E-state index contributed by atoms with van der Waals surface area (Å²) in [7, 11) is 0. The molecule has 0 saturated heterocycles. The zero-order chi connectivity index (χ0) is 13.8. The highest BCUT2D eigenvalue weighted by atomic mass is 14.9. The highest BCUT2D eigenvalue weighted by molar-refractivity contribution is 4.95. The van der Waals surface area contributed by atoms with E-state index < -0.39 is 0 Å². The summed E-state index contributed by atoms with van der Waals surface area (Å²) in [5, 5.41) is 0. The average Bonchev–Trinajstić information content (AvgIpc) is 2.92. The Balaban J connectivity index is 2.25. The fourth-order valence-corrected chi connectivity index (χ4v) is 2.78. The Morgan fingerprint density at radius 2 is 1.58 bits per heavy atom. The number of hydrogen-bond acceptors (Lipinski definition) is 1. The molecule has 0 spiro atoms. The Morgan fingerprint density at radius 1 is 0.947 bits per heavy atom. The van der Waals surface area contributed by atoms with Crippen molar-refractivity contribution < 1.29 is 0 Å². The average molecular weight is 264 g/mol. The molecule has 1 rings (SSSR count). The van der Waals surface area contributed by atoms with E-state index in [0.29, 0.717) is 0 Å². The van der Waals surface area contributed by atoms with Crippen molar-refractivity contribution in [1.82, 2.24) is 9.97 Å². The van der Waals surface area contributed by atoms with Crippen LogP contribution in [0.5, 0.6) is 0 Å². The molecule has 0 unspecified atom stereocenters. The fourth-order valence-electron chi connectivity index (χ4n) is 2.78. The van der Waals surface area contributed by atoms with Crippen LogP contribution in [0.1, 0.15) is 83.7 Å². The molecule has 0 aliphatic carbocycles. The van der Waals surface area contributed by atoms with E-state index in [-0.39, 0.29) is 0 Å². The van der Waals surface area contributed by atoms with Crippen molar-refractivity contribution in [2.24, 2.45) is 5.92 Å². The lowest BCUT2D eigenvalue weighted by Crippen LogP contribution is -2.05. The van der Waals surface area contributed by atoms with Gasteiger partial charge in [-0.2, -0.15) is 0 Å². The monoisotopic (exact) mass is 264 g/mol. The molecule has 0 atom stereocenters. The van der Waals surface area contributed by atoms with Crippen LogP contribution >= 0.6 is 0 Å². The van der Waals surface area contributed by atoms with E-state index >= 15 is 0 Å². The maximum Gasteiger partial charge on any atom is 0.0921 e. The highest BCUT2D eigenvalue weighted by Gasteiger charge is 2.10. The summed E-state index contributed by atoms with van der Waals surface area (Å²) in [4.78, 5) is 7.40. The third kappa shape index (κ3) is 8.07. The second-order valence-corrected chi connectivity index (χ2v) is 5.85. The van der Waals surface area contributed by atoms with E-state index in [9.17, 15) is 0 Å². The third-order valence-corrected chi connectivity index (χ3v) is 4.00. The van der Waals surface area contributed by atoms with Crippen LogP contribution in [-0.2, 0) is 6.42 Å². The summed E-state index contributed by atoms with van der Waals surface area (Å²) in [6, 6.07) is 0. The first-order chi connectivity index (χ1) is 9.36. The predicted molar refractivity (Wildman–Crippen MR) is 83.3 cm³/mol. The molecule has 0 aliphatic heterocycles. The van der Waals surface area contributed by atoms with Gasteiger partial charge in [-0.25, -0.2) is 4.98 Å². The van der Waals surface area contributed by atoms with E-state index in [4.69, 9.17) is 0 Å². The first kappa shape index (κ1) is 16.3. The van der Waals surface area contributed by atoms with Gasteiger partial charge < -0.3 is 4.98 Å². The molecule has 2 nitrogen and oxygen atoms in total. The molecule has 0 fully saturated rings. The summed E-state index contributed by atoms with van der Waals surface area (Å²) in [6.07, 6.45) is 18.9. The van der Waals surface area contributed by atoms with Crippen LogP contribution in [0.15, 0.2) is 12.5 Å². The maximum absolute atomic E-state index is 4.14. The quantitative estimate of drug-likeness (QED) is 0.495. The minimum absolute atomic E-state index is 0.856. The number of nitrogens with zero attached hydrogens (tertiary/aromatic N) is 1. The van der Waals surface area contributed by atoms with Crippen molar-refractivity contribution in [3.05, 3.63) is 18.2 Å². The van der Waals surface area contributed by atoms with Crippen molar-refractivity contribution in [2.75, 3.05) is 0 Å². The molecule has 1 N–H and O–H groups in total. The van der Waals surface area contributed by atoms with E-state index in [1.54, 1.807) is 6.33 Å². The standard InChI is InChI=1S/C17H32N2/c1-3-5-7-9-11-16(12-10-8-6-4-2)13-17-14-18-15-19-17/h14-16H,3-13H2,1-2H3,(H,18,19). The molecule has 0 saturated carbocycles. The molecule has 1 aromatic heterocycles. The van der Waals surface area contributed by atoms with Gasteiger partial charge in [0.25, 0.3) is 0 Å². The lowest BCUT2D eigenvalue weighted by Gasteiger charge is -2.16. The Morgan fingerprint density at radius 3 is 2.05 bits per heavy atom. The first-order valence-corrected chi connectivity index (χ1v) is 8.34. The van der Waals surface area contributed by atoms with Crippen molar-refractivity contribution in [3.8, 4) is 0 Å². The fraction of sp³-hybridized carbons (Fsp3) is 0.824. The van der Waals surface area contributed by atoms with Gasteiger partial charge in [0, 0.05) is 11.9 Å².